The van der Waals surface area contributed by atoms with E-state index in [4.69, 9.17) is 16.7 Å². The van der Waals surface area contributed by atoms with Gasteiger partial charge in [0.25, 0.3) is 0 Å². The van der Waals surface area contributed by atoms with Crippen molar-refractivity contribution < 1.29 is 30.8 Å². The number of carbonyl (C=O) groups is 1. The van der Waals surface area contributed by atoms with Crippen LogP contribution in [0.5, 0.6) is 0 Å². The lowest BCUT2D eigenvalue weighted by Crippen LogP contribution is -2.39. The molecule has 2 heterocycles. The summed E-state index contributed by atoms with van der Waals surface area (Å²) in [5.74, 6) is -0.931. The van der Waals surface area contributed by atoms with E-state index in [0.717, 1.165) is 41.1 Å². The van der Waals surface area contributed by atoms with Crippen molar-refractivity contribution in [3.8, 4) is 0 Å². The second kappa shape index (κ2) is 13.8. The molecule has 266 valence electrons. The lowest BCUT2D eigenvalue weighted by Gasteiger charge is -2.36. The number of sulfone groups is 1. The highest BCUT2D eigenvalue weighted by molar-refractivity contribution is 7.91. The molecular weight excluding hydrogens is 730 g/mol. The van der Waals surface area contributed by atoms with Crippen LogP contribution in [0.25, 0.3) is 11.0 Å². The van der Waals surface area contributed by atoms with Gasteiger partial charge < -0.3 is 5.32 Å². The Labute approximate surface area is 305 Å². The van der Waals surface area contributed by atoms with E-state index in [1.165, 1.54) is 24.3 Å². The number of alkyl halides is 3. The quantitative estimate of drug-likeness (QED) is 0.119. The summed E-state index contributed by atoms with van der Waals surface area (Å²) < 4.78 is 84.1. The van der Waals surface area contributed by atoms with Crippen molar-refractivity contribution in [3.05, 3.63) is 179 Å². The Morgan fingerprint density at radius 2 is 1.28 bits per heavy atom. The zero-order valence-electron chi connectivity index (χ0n) is 27.2. The molecule has 2 N–H and O–H groups in total. The Kier molecular flexibility index (Phi) is 9.22. The fraction of sp³-hybridized carbons (Fsp3) is 0.0513. The average molecular weight is 756 g/mol. The SMILES string of the molecule is O=C(Nc1ccc(Cl)c(C(F)(F)F)c1)Nc1nn(C(c2ccccc2)(c2ccccc2)c2ccccc2)c2ncc(S(=O)(=O)c3cccc(F)c3)cc12. The lowest BCUT2D eigenvalue weighted by atomic mass is 9.77. The van der Waals surface area contributed by atoms with E-state index in [1.807, 2.05) is 91.0 Å². The second-order valence-corrected chi connectivity index (χ2v) is 14.2. The molecule has 0 radical (unpaired) electrons. The van der Waals surface area contributed by atoms with E-state index in [1.54, 1.807) is 4.68 Å². The van der Waals surface area contributed by atoms with Crippen LogP contribution >= 0.6 is 11.6 Å². The summed E-state index contributed by atoms with van der Waals surface area (Å²) in [5.41, 5.74) is -0.303. The van der Waals surface area contributed by atoms with Gasteiger partial charge in [0.1, 0.15) is 11.4 Å². The lowest BCUT2D eigenvalue weighted by molar-refractivity contribution is -0.137. The molecule has 2 amide bonds. The van der Waals surface area contributed by atoms with Crippen molar-refractivity contribution in [3.63, 3.8) is 0 Å². The smallest absolute Gasteiger partial charge is 0.308 e. The van der Waals surface area contributed by atoms with Crippen molar-refractivity contribution in [2.24, 2.45) is 0 Å². The van der Waals surface area contributed by atoms with Crippen LogP contribution in [0.1, 0.15) is 22.3 Å². The normalized spacial score (nSPS) is 12.1. The van der Waals surface area contributed by atoms with Gasteiger partial charge in [-0.3, -0.25) is 5.32 Å². The average Bonchev–Trinajstić information content (AvgIpc) is 3.51. The molecule has 53 heavy (non-hydrogen) atoms. The summed E-state index contributed by atoms with van der Waals surface area (Å²) in [6.07, 6.45) is -3.66. The fourth-order valence-electron chi connectivity index (χ4n) is 6.22. The number of nitrogens with one attached hydrogen (secondary N) is 2. The summed E-state index contributed by atoms with van der Waals surface area (Å²) in [5, 5.41) is 9.36. The molecule has 0 aliphatic rings. The van der Waals surface area contributed by atoms with Gasteiger partial charge in [0, 0.05) is 11.9 Å². The van der Waals surface area contributed by atoms with Crippen LogP contribution in [0.15, 0.2) is 156 Å². The van der Waals surface area contributed by atoms with Gasteiger partial charge in [-0.2, -0.15) is 18.3 Å². The van der Waals surface area contributed by atoms with E-state index in [2.05, 4.69) is 15.6 Å². The van der Waals surface area contributed by atoms with Crippen LogP contribution in [0.3, 0.4) is 0 Å². The maximum Gasteiger partial charge on any atom is 0.417 e. The molecule has 14 heteroatoms. The molecule has 0 aliphatic heterocycles. The number of pyridine rings is 1. The number of fused-ring (bicyclic) bond motifs is 1. The minimum Gasteiger partial charge on any atom is -0.308 e. The van der Waals surface area contributed by atoms with Crippen molar-refractivity contribution in [2.75, 3.05) is 10.6 Å². The number of urea groups is 1. The predicted octanol–water partition coefficient (Wildman–Crippen LogP) is 9.56. The first kappa shape index (κ1) is 35.4. The number of amides is 2. The number of hydrogen-bond acceptors (Lipinski definition) is 5. The Balaban J connectivity index is 1.47. The Bertz CT molecular complexity index is 2470. The molecule has 8 nitrogen and oxygen atoms in total. The third-order valence-corrected chi connectivity index (χ3v) is 10.6. The second-order valence-electron chi connectivity index (χ2n) is 11.8. The molecule has 7 rings (SSSR count). The Morgan fingerprint density at radius 3 is 1.83 bits per heavy atom. The summed E-state index contributed by atoms with van der Waals surface area (Å²) >= 11 is 5.78. The molecule has 0 aliphatic carbocycles. The fourth-order valence-corrected chi connectivity index (χ4v) is 7.71. The van der Waals surface area contributed by atoms with Gasteiger partial charge in [0.2, 0.25) is 9.84 Å². The van der Waals surface area contributed by atoms with Gasteiger partial charge in [0.05, 0.1) is 25.8 Å². The van der Waals surface area contributed by atoms with Crippen LogP contribution in [0, 0.1) is 5.82 Å². The molecular formula is C39H26ClF4N5O3S. The largest absolute Gasteiger partial charge is 0.417 e. The van der Waals surface area contributed by atoms with Crippen LogP contribution in [0.4, 0.5) is 33.9 Å². The summed E-state index contributed by atoms with van der Waals surface area (Å²) in [4.78, 5) is 17.5. The number of nitrogens with zero attached hydrogens (tertiary/aromatic N) is 3. The Morgan fingerprint density at radius 1 is 0.698 bits per heavy atom. The van der Waals surface area contributed by atoms with Crippen molar-refractivity contribution in [1.29, 1.82) is 0 Å². The minimum atomic E-state index is -4.79. The number of carbonyl (C=O) groups excluding carboxylic acids is 1. The molecule has 0 saturated heterocycles. The predicted molar refractivity (Wildman–Crippen MR) is 193 cm³/mol. The maximum absolute atomic E-state index is 14.2. The molecule has 0 fully saturated rings. The minimum absolute atomic E-state index is 0.0666. The molecule has 7 aromatic rings. The van der Waals surface area contributed by atoms with E-state index in [-0.39, 0.29) is 32.3 Å². The van der Waals surface area contributed by atoms with Crippen LogP contribution in [0.2, 0.25) is 5.02 Å². The third-order valence-electron chi connectivity index (χ3n) is 8.57. The van der Waals surface area contributed by atoms with Gasteiger partial charge >= 0.3 is 12.2 Å². The summed E-state index contributed by atoms with van der Waals surface area (Å²) in [6, 6.07) is 35.7. The van der Waals surface area contributed by atoms with E-state index >= 15 is 0 Å². The van der Waals surface area contributed by atoms with Crippen molar-refractivity contribution in [1.82, 2.24) is 14.8 Å². The topological polar surface area (TPSA) is 106 Å². The number of anilines is 2. The van der Waals surface area contributed by atoms with Crippen LogP contribution in [-0.2, 0) is 21.6 Å². The van der Waals surface area contributed by atoms with Gasteiger partial charge in [-0.15, -0.1) is 0 Å². The molecule has 0 saturated carbocycles. The highest BCUT2D eigenvalue weighted by Gasteiger charge is 2.42. The zero-order chi connectivity index (χ0) is 37.4. The van der Waals surface area contributed by atoms with E-state index in [9.17, 15) is 30.8 Å². The van der Waals surface area contributed by atoms with Crippen molar-refractivity contribution in [2.45, 2.75) is 21.5 Å². The van der Waals surface area contributed by atoms with Crippen molar-refractivity contribution >= 4 is 50.0 Å². The first-order valence-electron chi connectivity index (χ1n) is 15.9. The number of aromatic nitrogens is 3. The van der Waals surface area contributed by atoms with Gasteiger partial charge in [0.15, 0.2) is 11.5 Å². The third kappa shape index (κ3) is 6.60. The van der Waals surface area contributed by atoms with Gasteiger partial charge in [-0.1, -0.05) is 109 Å². The first-order chi connectivity index (χ1) is 25.4. The van der Waals surface area contributed by atoms with Crippen LogP contribution in [-0.4, -0.2) is 29.2 Å². The summed E-state index contributed by atoms with van der Waals surface area (Å²) in [6.45, 7) is 0. The molecule has 2 aromatic heterocycles. The number of hydrogen-bond donors (Lipinski definition) is 2. The number of benzene rings is 5. The van der Waals surface area contributed by atoms with Gasteiger partial charge in [-0.05, 0) is 59.2 Å². The Hall–Kier alpha value is -6.05. The number of halogens is 5. The highest BCUT2D eigenvalue weighted by Crippen LogP contribution is 2.43. The van der Waals surface area contributed by atoms with E-state index in [0.29, 0.717) is 6.07 Å². The zero-order valence-corrected chi connectivity index (χ0v) is 28.8. The molecule has 5 aromatic carbocycles. The van der Waals surface area contributed by atoms with Gasteiger partial charge in [-0.25, -0.2) is 27.3 Å². The molecule has 0 atom stereocenters. The molecule has 0 unspecified atom stereocenters. The van der Waals surface area contributed by atoms with E-state index < -0.39 is 44.0 Å². The summed E-state index contributed by atoms with van der Waals surface area (Å²) in [7, 11) is -4.34. The monoisotopic (exact) mass is 755 g/mol. The highest BCUT2D eigenvalue weighted by atomic mass is 35.5. The molecule has 0 spiro atoms. The first-order valence-corrected chi connectivity index (χ1v) is 17.8. The number of rotatable bonds is 8. The standard InChI is InChI=1S/C39H26ClF4N5O3S/c40-34-20-19-29(22-33(34)39(42,43)44)46-37(50)47-35-32-23-31(53(51,52)30-18-10-17-28(41)21-30)24-45-36(32)49(48-35)38(25-11-4-1-5-12-25,26-13-6-2-7-14-26)27-15-8-3-9-16-27/h1-24H,(H2,46,47,48,50). The van der Waals surface area contributed by atoms with Crippen LogP contribution < -0.4 is 10.6 Å². The molecule has 0 bridgehead atoms. The maximum atomic E-state index is 14.2.